The molecule has 0 bridgehead atoms. The number of amides is 2. The molecule has 0 unspecified atom stereocenters. The van der Waals surface area contributed by atoms with Crippen molar-refractivity contribution in [2.24, 2.45) is 0 Å². The highest BCUT2D eigenvalue weighted by Crippen LogP contribution is 2.16. The summed E-state index contributed by atoms with van der Waals surface area (Å²) >= 11 is 0. The number of carbonyl (C=O) groups is 2. The van der Waals surface area contributed by atoms with E-state index in [0.717, 1.165) is 12.0 Å². The van der Waals surface area contributed by atoms with E-state index in [0.29, 0.717) is 11.4 Å². The van der Waals surface area contributed by atoms with Gasteiger partial charge in [0.1, 0.15) is 5.75 Å². The molecule has 2 aromatic carbocycles. The Morgan fingerprint density at radius 3 is 2.24 bits per heavy atom. The summed E-state index contributed by atoms with van der Waals surface area (Å²) in [5.41, 5.74) is 3.02. The highest BCUT2D eigenvalue weighted by Gasteiger charge is 2.10. The Labute approximate surface area is 148 Å². The van der Waals surface area contributed by atoms with Crippen molar-refractivity contribution in [1.82, 2.24) is 5.32 Å². The summed E-state index contributed by atoms with van der Waals surface area (Å²) in [7, 11) is 0. The highest BCUT2D eigenvalue weighted by atomic mass is 16.5. The summed E-state index contributed by atoms with van der Waals surface area (Å²) in [5, 5.41) is 5.60. The lowest BCUT2D eigenvalue weighted by atomic mass is 10.1. The lowest BCUT2D eigenvalue weighted by molar-refractivity contribution is -0.123. The summed E-state index contributed by atoms with van der Waals surface area (Å²) < 4.78 is 5.48. The van der Waals surface area contributed by atoms with Crippen molar-refractivity contribution < 1.29 is 14.3 Å². The summed E-state index contributed by atoms with van der Waals surface area (Å²) in [6.45, 7) is 5.45. The van der Waals surface area contributed by atoms with E-state index in [2.05, 4.69) is 29.7 Å². The maximum absolute atomic E-state index is 12.0. The van der Waals surface area contributed by atoms with Crippen LogP contribution in [0.2, 0.25) is 0 Å². The molecule has 2 N–H and O–H groups in total. The van der Waals surface area contributed by atoms with Gasteiger partial charge >= 0.3 is 0 Å². The Morgan fingerprint density at radius 1 is 1.04 bits per heavy atom. The van der Waals surface area contributed by atoms with Crippen LogP contribution in [0, 0.1) is 0 Å². The van der Waals surface area contributed by atoms with Crippen LogP contribution in [0.25, 0.3) is 0 Å². The van der Waals surface area contributed by atoms with E-state index < -0.39 is 0 Å². The third kappa shape index (κ3) is 5.95. The van der Waals surface area contributed by atoms with Crippen LogP contribution in [0.4, 0.5) is 5.69 Å². The summed E-state index contributed by atoms with van der Waals surface area (Å²) in [6.07, 6.45) is 0.996. The fourth-order valence-corrected chi connectivity index (χ4v) is 2.40. The first kappa shape index (κ1) is 18.5. The van der Waals surface area contributed by atoms with Gasteiger partial charge in [-0.1, -0.05) is 31.2 Å². The maximum atomic E-state index is 12.0. The number of ether oxygens (including phenoxy) is 1. The predicted molar refractivity (Wildman–Crippen MR) is 98.6 cm³/mol. The van der Waals surface area contributed by atoms with Gasteiger partial charge in [-0.05, 0) is 48.7 Å². The van der Waals surface area contributed by atoms with Gasteiger partial charge in [-0.2, -0.15) is 0 Å². The number of rotatable bonds is 7. The molecule has 5 nitrogen and oxygen atoms in total. The van der Waals surface area contributed by atoms with Crippen molar-refractivity contribution in [3.8, 4) is 5.75 Å². The van der Waals surface area contributed by atoms with Gasteiger partial charge in [0.2, 0.25) is 5.91 Å². The Hall–Kier alpha value is -2.82. The predicted octanol–water partition coefficient (Wildman–Crippen LogP) is 3.46. The van der Waals surface area contributed by atoms with E-state index >= 15 is 0 Å². The molecule has 0 saturated heterocycles. The van der Waals surface area contributed by atoms with Crippen molar-refractivity contribution in [3.63, 3.8) is 0 Å². The van der Waals surface area contributed by atoms with Crippen LogP contribution in [0.3, 0.4) is 0 Å². The lowest BCUT2D eigenvalue weighted by Gasteiger charge is -2.15. The molecule has 0 aliphatic rings. The van der Waals surface area contributed by atoms with E-state index in [9.17, 15) is 9.59 Å². The minimum Gasteiger partial charge on any atom is -0.484 e. The van der Waals surface area contributed by atoms with Crippen LogP contribution in [-0.4, -0.2) is 18.4 Å². The van der Waals surface area contributed by atoms with Gasteiger partial charge < -0.3 is 15.4 Å². The third-order valence-electron chi connectivity index (χ3n) is 3.81. The minimum atomic E-state index is -0.182. The zero-order valence-corrected chi connectivity index (χ0v) is 14.8. The van der Waals surface area contributed by atoms with Crippen LogP contribution in [0.5, 0.6) is 5.75 Å². The monoisotopic (exact) mass is 340 g/mol. The van der Waals surface area contributed by atoms with Crippen LogP contribution in [0.1, 0.15) is 37.9 Å². The Kier molecular flexibility index (Phi) is 6.57. The second kappa shape index (κ2) is 8.87. The molecule has 0 fully saturated rings. The Bertz CT molecular complexity index is 709. The van der Waals surface area contributed by atoms with Gasteiger partial charge in [-0.25, -0.2) is 0 Å². The van der Waals surface area contributed by atoms with Crippen LogP contribution >= 0.6 is 0 Å². The van der Waals surface area contributed by atoms with Gasteiger partial charge in [-0.3, -0.25) is 9.59 Å². The van der Waals surface area contributed by atoms with Crippen LogP contribution < -0.4 is 15.4 Å². The topological polar surface area (TPSA) is 67.4 Å². The summed E-state index contributed by atoms with van der Waals surface area (Å²) in [5.74, 6) is 0.260. The maximum Gasteiger partial charge on any atom is 0.258 e. The second-order valence-electron chi connectivity index (χ2n) is 5.88. The fourth-order valence-electron chi connectivity index (χ4n) is 2.40. The summed E-state index contributed by atoms with van der Waals surface area (Å²) in [6, 6.07) is 15.0. The molecule has 0 aliphatic heterocycles. The molecule has 5 heteroatoms. The quantitative estimate of drug-likeness (QED) is 0.811. The molecule has 132 valence electrons. The molecule has 0 heterocycles. The fraction of sp³-hybridized carbons (Fsp3) is 0.300. The Morgan fingerprint density at radius 2 is 1.68 bits per heavy atom. The standard InChI is InChI=1S/C20H24N2O3/c1-4-16-5-7-17(8-6-16)14(2)21-20(24)13-25-19-11-9-18(10-12-19)22-15(3)23/h5-12,14H,4,13H2,1-3H3,(H,21,24)(H,22,23)/t14-/m0/s1. The number of aryl methyl sites for hydroxylation is 1. The summed E-state index contributed by atoms with van der Waals surface area (Å²) in [4.78, 5) is 23.0. The number of benzene rings is 2. The first-order valence-electron chi connectivity index (χ1n) is 8.36. The van der Waals surface area contributed by atoms with Crippen molar-refractivity contribution >= 4 is 17.5 Å². The zero-order chi connectivity index (χ0) is 18.2. The molecule has 2 amide bonds. The normalized spacial score (nSPS) is 11.5. The highest BCUT2D eigenvalue weighted by molar-refractivity contribution is 5.88. The van der Waals surface area contributed by atoms with E-state index in [4.69, 9.17) is 4.74 Å². The van der Waals surface area contributed by atoms with Gasteiger partial charge in [0.05, 0.1) is 6.04 Å². The smallest absolute Gasteiger partial charge is 0.258 e. The van der Waals surface area contributed by atoms with E-state index in [1.165, 1.54) is 12.5 Å². The number of anilines is 1. The molecule has 25 heavy (non-hydrogen) atoms. The van der Waals surface area contributed by atoms with Gasteiger partial charge in [0, 0.05) is 12.6 Å². The number of nitrogens with one attached hydrogen (secondary N) is 2. The molecule has 0 aromatic heterocycles. The molecule has 2 rings (SSSR count). The molecule has 0 aliphatic carbocycles. The largest absolute Gasteiger partial charge is 0.484 e. The molecular weight excluding hydrogens is 316 g/mol. The van der Waals surface area contributed by atoms with Crippen LogP contribution in [-0.2, 0) is 16.0 Å². The van der Waals surface area contributed by atoms with E-state index in [1.54, 1.807) is 24.3 Å². The molecular formula is C20H24N2O3. The first-order chi connectivity index (χ1) is 12.0. The van der Waals surface area contributed by atoms with Crippen molar-refractivity contribution in [2.45, 2.75) is 33.2 Å². The minimum absolute atomic E-state index is 0.0587. The SMILES string of the molecule is CCc1ccc([C@H](C)NC(=O)COc2ccc(NC(C)=O)cc2)cc1. The van der Waals surface area contributed by atoms with Crippen molar-refractivity contribution in [1.29, 1.82) is 0 Å². The molecule has 1 atom stereocenters. The van der Waals surface area contributed by atoms with E-state index in [1.807, 2.05) is 19.1 Å². The number of hydrogen-bond acceptors (Lipinski definition) is 3. The molecule has 2 aromatic rings. The van der Waals surface area contributed by atoms with Crippen molar-refractivity contribution in [2.75, 3.05) is 11.9 Å². The Balaban J connectivity index is 1.82. The third-order valence-corrected chi connectivity index (χ3v) is 3.81. The van der Waals surface area contributed by atoms with E-state index in [-0.39, 0.29) is 24.5 Å². The molecule has 0 spiro atoms. The van der Waals surface area contributed by atoms with Gasteiger partial charge in [-0.15, -0.1) is 0 Å². The average Bonchev–Trinajstić information content (AvgIpc) is 2.60. The average molecular weight is 340 g/mol. The first-order valence-corrected chi connectivity index (χ1v) is 8.36. The number of carbonyl (C=O) groups excluding carboxylic acids is 2. The van der Waals surface area contributed by atoms with Crippen LogP contribution in [0.15, 0.2) is 48.5 Å². The zero-order valence-electron chi connectivity index (χ0n) is 14.8. The number of hydrogen-bond donors (Lipinski definition) is 2. The molecule has 0 saturated carbocycles. The van der Waals surface area contributed by atoms with Gasteiger partial charge in [0.15, 0.2) is 6.61 Å². The van der Waals surface area contributed by atoms with Gasteiger partial charge in [0.25, 0.3) is 5.91 Å². The van der Waals surface area contributed by atoms with Crippen molar-refractivity contribution in [3.05, 3.63) is 59.7 Å². The molecule has 0 radical (unpaired) electrons. The lowest BCUT2D eigenvalue weighted by Crippen LogP contribution is -2.31. The second-order valence-corrected chi connectivity index (χ2v) is 5.88.